The number of nitrogens with one attached hydrogen (secondary N) is 1. The van der Waals surface area contributed by atoms with Crippen LogP contribution in [0.4, 0.5) is 0 Å². The van der Waals surface area contributed by atoms with Crippen LogP contribution in [0, 0.1) is 0 Å². The highest BCUT2D eigenvalue weighted by Crippen LogP contribution is 2.20. The van der Waals surface area contributed by atoms with Crippen LogP contribution >= 0.6 is 11.8 Å². The van der Waals surface area contributed by atoms with Gasteiger partial charge in [-0.1, -0.05) is 56.0 Å². The number of nitrogens with two attached hydrogens (primary N) is 1. The Balaban J connectivity index is 1.67. The van der Waals surface area contributed by atoms with Crippen molar-refractivity contribution in [3.63, 3.8) is 0 Å². The van der Waals surface area contributed by atoms with Crippen LogP contribution in [-0.2, 0) is 16.1 Å². The van der Waals surface area contributed by atoms with Gasteiger partial charge in [0.2, 0.25) is 11.8 Å². The molecule has 0 spiro atoms. The van der Waals surface area contributed by atoms with E-state index in [0.29, 0.717) is 35.4 Å². The van der Waals surface area contributed by atoms with E-state index >= 15 is 0 Å². The fourth-order valence-electron chi connectivity index (χ4n) is 4.02. The lowest BCUT2D eigenvalue weighted by Gasteiger charge is -2.17. The zero-order valence-corrected chi connectivity index (χ0v) is 18.8. The summed E-state index contributed by atoms with van der Waals surface area (Å²) < 4.78 is 1.66. The molecule has 0 aliphatic heterocycles. The fourth-order valence-corrected chi connectivity index (χ4v) is 4.86. The third-order valence-corrected chi connectivity index (χ3v) is 6.66. The van der Waals surface area contributed by atoms with E-state index in [1.54, 1.807) is 10.6 Å². The molecule has 2 aromatic rings. The molecule has 31 heavy (non-hydrogen) atoms. The van der Waals surface area contributed by atoms with Gasteiger partial charge in [0, 0.05) is 19.0 Å². The minimum absolute atomic E-state index is 0.00712. The van der Waals surface area contributed by atoms with Crippen molar-refractivity contribution in [1.82, 2.24) is 14.9 Å². The second-order valence-electron chi connectivity index (χ2n) is 8.19. The molecule has 0 saturated heterocycles. The highest BCUT2D eigenvalue weighted by molar-refractivity contribution is 7.99. The van der Waals surface area contributed by atoms with Crippen LogP contribution in [0.3, 0.4) is 0 Å². The molecule has 0 atom stereocenters. The van der Waals surface area contributed by atoms with Gasteiger partial charge in [0.15, 0.2) is 5.16 Å². The molecule has 1 aliphatic carbocycles. The number of amides is 2. The number of hydrogen-bond donors (Lipinski definition) is 2. The Labute approximate surface area is 187 Å². The lowest BCUT2D eigenvalue weighted by Crippen LogP contribution is -2.35. The molecule has 1 heterocycles. The van der Waals surface area contributed by atoms with Crippen LogP contribution in [0.2, 0.25) is 0 Å². The van der Waals surface area contributed by atoms with E-state index in [-0.39, 0.29) is 29.2 Å². The van der Waals surface area contributed by atoms with Crippen LogP contribution in [0.5, 0.6) is 0 Å². The molecule has 1 aromatic carbocycles. The van der Waals surface area contributed by atoms with Gasteiger partial charge in [0.1, 0.15) is 0 Å². The van der Waals surface area contributed by atoms with Gasteiger partial charge in [-0.15, -0.1) is 0 Å². The molecule has 1 fully saturated rings. The molecule has 1 aliphatic rings. The second kappa shape index (κ2) is 11.9. The van der Waals surface area contributed by atoms with Crippen LogP contribution in [0.15, 0.2) is 34.2 Å². The third kappa shape index (κ3) is 7.09. The summed E-state index contributed by atoms with van der Waals surface area (Å²) in [6.45, 7) is 0.502. The standard InChI is InChI=1S/C23H32N4O3S/c24-20(28)14-6-3-9-15-27-22(30)18-12-7-8-13-19(18)26-23(27)31-16-21(29)25-17-10-4-1-2-5-11-17/h7-8,12-13,17H,1-6,9-11,14-16H2,(H2,24,28)(H,25,29). The number of benzene rings is 1. The summed E-state index contributed by atoms with van der Waals surface area (Å²) in [6.07, 6.45) is 9.51. The maximum Gasteiger partial charge on any atom is 0.262 e. The van der Waals surface area contributed by atoms with Crippen molar-refractivity contribution in [2.45, 2.75) is 82.0 Å². The molecular weight excluding hydrogens is 412 g/mol. The molecule has 8 heteroatoms. The first kappa shape index (κ1) is 23.3. The van der Waals surface area contributed by atoms with Gasteiger partial charge in [-0.3, -0.25) is 19.0 Å². The zero-order valence-electron chi connectivity index (χ0n) is 18.0. The van der Waals surface area contributed by atoms with E-state index in [4.69, 9.17) is 5.73 Å². The van der Waals surface area contributed by atoms with E-state index in [2.05, 4.69) is 10.3 Å². The Morgan fingerprint density at radius 1 is 1.10 bits per heavy atom. The molecule has 3 N–H and O–H groups in total. The number of fused-ring (bicyclic) bond motifs is 1. The maximum absolute atomic E-state index is 13.1. The van der Waals surface area contributed by atoms with E-state index < -0.39 is 0 Å². The molecule has 2 amide bonds. The quantitative estimate of drug-likeness (QED) is 0.253. The molecule has 1 aromatic heterocycles. The number of aromatic nitrogens is 2. The van der Waals surface area contributed by atoms with Gasteiger partial charge in [-0.05, 0) is 37.8 Å². The van der Waals surface area contributed by atoms with Crippen molar-refractivity contribution in [1.29, 1.82) is 0 Å². The summed E-state index contributed by atoms with van der Waals surface area (Å²) in [7, 11) is 0. The number of rotatable bonds is 10. The molecular formula is C23H32N4O3S. The number of carbonyl (C=O) groups is 2. The number of thioether (sulfide) groups is 1. The first-order valence-electron chi connectivity index (χ1n) is 11.2. The number of hydrogen-bond acceptors (Lipinski definition) is 5. The van der Waals surface area contributed by atoms with E-state index in [1.165, 1.54) is 37.4 Å². The Hall–Kier alpha value is -2.35. The number of para-hydroxylation sites is 1. The smallest absolute Gasteiger partial charge is 0.262 e. The summed E-state index contributed by atoms with van der Waals surface area (Å²) >= 11 is 1.31. The predicted octanol–water partition coefficient (Wildman–Crippen LogP) is 3.37. The number of nitrogens with zero attached hydrogens (tertiary/aromatic N) is 2. The summed E-state index contributed by atoms with van der Waals surface area (Å²) in [5, 5.41) is 4.29. The monoisotopic (exact) mass is 444 g/mol. The normalized spacial score (nSPS) is 15.0. The second-order valence-corrected chi connectivity index (χ2v) is 9.13. The zero-order chi connectivity index (χ0) is 22.1. The Morgan fingerprint density at radius 2 is 1.84 bits per heavy atom. The molecule has 0 bridgehead atoms. The van der Waals surface area contributed by atoms with Crippen LogP contribution in [0.25, 0.3) is 10.9 Å². The predicted molar refractivity (Wildman–Crippen MR) is 124 cm³/mol. The van der Waals surface area contributed by atoms with Gasteiger partial charge in [0.05, 0.1) is 16.7 Å². The first-order valence-corrected chi connectivity index (χ1v) is 12.2. The van der Waals surface area contributed by atoms with Crippen molar-refractivity contribution < 1.29 is 9.59 Å². The van der Waals surface area contributed by atoms with Gasteiger partial charge in [0.25, 0.3) is 5.56 Å². The Bertz CT molecular complexity index is 951. The highest BCUT2D eigenvalue weighted by Gasteiger charge is 2.17. The number of primary amides is 1. The molecule has 0 radical (unpaired) electrons. The summed E-state index contributed by atoms with van der Waals surface area (Å²) in [6, 6.07) is 7.55. The van der Waals surface area contributed by atoms with E-state index in [1.807, 2.05) is 18.2 Å². The van der Waals surface area contributed by atoms with Gasteiger partial charge < -0.3 is 11.1 Å². The average Bonchev–Trinajstić information content (AvgIpc) is 3.02. The number of carbonyl (C=O) groups excluding carboxylic acids is 2. The maximum atomic E-state index is 13.1. The minimum atomic E-state index is -0.305. The van der Waals surface area contributed by atoms with E-state index in [9.17, 15) is 14.4 Å². The molecule has 1 saturated carbocycles. The largest absolute Gasteiger partial charge is 0.370 e. The van der Waals surface area contributed by atoms with Crippen LogP contribution in [-0.4, -0.2) is 33.2 Å². The van der Waals surface area contributed by atoms with Crippen molar-refractivity contribution in [2.75, 3.05) is 5.75 Å². The molecule has 0 unspecified atom stereocenters. The number of unbranched alkanes of at least 4 members (excludes halogenated alkanes) is 2. The summed E-state index contributed by atoms with van der Waals surface area (Å²) in [4.78, 5) is 41.2. The van der Waals surface area contributed by atoms with Crippen molar-refractivity contribution in [3.8, 4) is 0 Å². The highest BCUT2D eigenvalue weighted by atomic mass is 32.2. The Morgan fingerprint density at radius 3 is 2.58 bits per heavy atom. The van der Waals surface area contributed by atoms with Gasteiger partial charge in [-0.25, -0.2) is 4.98 Å². The Kier molecular flexibility index (Phi) is 8.94. The third-order valence-electron chi connectivity index (χ3n) is 5.68. The van der Waals surface area contributed by atoms with Crippen molar-refractivity contribution in [2.24, 2.45) is 5.73 Å². The SMILES string of the molecule is NC(=O)CCCCCn1c(SCC(=O)NC2CCCCCC2)nc2ccccc2c1=O. The van der Waals surface area contributed by atoms with Gasteiger partial charge in [-0.2, -0.15) is 0 Å². The topological polar surface area (TPSA) is 107 Å². The fraction of sp³-hybridized carbons (Fsp3) is 0.565. The van der Waals surface area contributed by atoms with E-state index in [0.717, 1.165) is 25.7 Å². The lowest BCUT2D eigenvalue weighted by molar-refractivity contribution is -0.119. The molecule has 168 valence electrons. The summed E-state index contributed by atoms with van der Waals surface area (Å²) in [5.41, 5.74) is 5.75. The first-order chi connectivity index (χ1) is 15.0. The molecule has 7 nitrogen and oxygen atoms in total. The van der Waals surface area contributed by atoms with Crippen molar-refractivity contribution >= 4 is 34.5 Å². The lowest BCUT2D eigenvalue weighted by atomic mass is 10.1. The van der Waals surface area contributed by atoms with Gasteiger partial charge >= 0.3 is 0 Å². The van der Waals surface area contributed by atoms with Crippen molar-refractivity contribution in [3.05, 3.63) is 34.6 Å². The summed E-state index contributed by atoms with van der Waals surface area (Å²) in [5.74, 6) is -0.0732. The average molecular weight is 445 g/mol. The van der Waals surface area contributed by atoms with Crippen LogP contribution in [0.1, 0.15) is 64.2 Å². The molecule has 3 rings (SSSR count). The van der Waals surface area contributed by atoms with Crippen LogP contribution < -0.4 is 16.6 Å². The minimum Gasteiger partial charge on any atom is -0.370 e.